The van der Waals surface area contributed by atoms with Gasteiger partial charge in [0.05, 0.1) is 0 Å². The summed E-state index contributed by atoms with van der Waals surface area (Å²) in [7, 11) is 0. The number of alkyl halides is 1. The maximum absolute atomic E-state index is 13.1. The monoisotopic (exact) mass is 256 g/mol. The second-order valence-electron chi connectivity index (χ2n) is 5.30. The van der Waals surface area contributed by atoms with Gasteiger partial charge >= 0.3 is 0 Å². The quantitative estimate of drug-likeness (QED) is 0.713. The van der Waals surface area contributed by atoms with Gasteiger partial charge in [-0.2, -0.15) is 0 Å². The summed E-state index contributed by atoms with van der Waals surface area (Å²) in [6.07, 6.45) is 4.59. The molecule has 0 nitrogen and oxygen atoms in total. The minimum Gasteiger partial charge on any atom is -0.204 e. The Labute approximate surface area is 105 Å². The highest BCUT2D eigenvalue weighted by Crippen LogP contribution is 2.60. The lowest BCUT2D eigenvalue weighted by atomic mass is 10.0. The first-order chi connectivity index (χ1) is 8.16. The zero-order valence-electron chi connectivity index (χ0n) is 9.50. The molecule has 3 rings (SSSR count). The number of benzene rings is 1. The van der Waals surface area contributed by atoms with Crippen molar-refractivity contribution in [3.63, 3.8) is 0 Å². The smallest absolute Gasteiger partial charge is 0.159 e. The van der Waals surface area contributed by atoms with E-state index in [9.17, 15) is 8.78 Å². The lowest BCUT2D eigenvalue weighted by molar-refractivity contribution is 0.505. The number of hydrogen-bond acceptors (Lipinski definition) is 0. The summed E-state index contributed by atoms with van der Waals surface area (Å²) in [5.74, 6) is 0.662. The molecule has 3 atom stereocenters. The third-order valence-electron chi connectivity index (χ3n) is 4.31. The van der Waals surface area contributed by atoms with Gasteiger partial charge in [0.15, 0.2) is 11.6 Å². The van der Waals surface area contributed by atoms with E-state index in [-0.39, 0.29) is 5.38 Å². The van der Waals surface area contributed by atoms with Crippen molar-refractivity contribution in [2.75, 3.05) is 0 Å². The summed E-state index contributed by atoms with van der Waals surface area (Å²) in [4.78, 5) is 0. The van der Waals surface area contributed by atoms with E-state index >= 15 is 0 Å². The first-order valence-electron chi connectivity index (χ1n) is 6.25. The lowest BCUT2D eigenvalue weighted by Crippen LogP contribution is -2.10. The van der Waals surface area contributed by atoms with Gasteiger partial charge in [0, 0.05) is 5.38 Å². The molecule has 92 valence electrons. The van der Waals surface area contributed by atoms with E-state index in [2.05, 4.69) is 0 Å². The Hall–Kier alpha value is -0.630. The average Bonchev–Trinajstić information content (AvgIpc) is 2.78. The fourth-order valence-corrected chi connectivity index (χ4v) is 3.99. The Kier molecular flexibility index (Phi) is 2.86. The van der Waals surface area contributed by atoms with Crippen LogP contribution in [0.4, 0.5) is 8.78 Å². The summed E-state index contributed by atoms with van der Waals surface area (Å²) in [5, 5.41) is 0.0789. The van der Waals surface area contributed by atoms with Crippen molar-refractivity contribution in [2.24, 2.45) is 17.8 Å². The predicted octanol–water partition coefficient (Wildman–Crippen LogP) is 4.16. The molecular formula is C14H15ClF2. The van der Waals surface area contributed by atoms with Crippen LogP contribution in [0.3, 0.4) is 0 Å². The summed E-state index contributed by atoms with van der Waals surface area (Å²) in [5.41, 5.74) is 0.800. The van der Waals surface area contributed by atoms with Crippen molar-refractivity contribution in [1.82, 2.24) is 0 Å². The van der Waals surface area contributed by atoms with Crippen molar-refractivity contribution in [2.45, 2.75) is 31.1 Å². The Morgan fingerprint density at radius 2 is 1.88 bits per heavy atom. The molecule has 0 amide bonds. The van der Waals surface area contributed by atoms with Gasteiger partial charge in [-0.05, 0) is 54.7 Å². The molecule has 3 heteroatoms. The number of rotatable bonds is 3. The van der Waals surface area contributed by atoms with E-state index in [0.717, 1.165) is 17.4 Å². The van der Waals surface area contributed by atoms with Crippen molar-refractivity contribution in [3.8, 4) is 0 Å². The molecule has 0 radical (unpaired) electrons. The van der Waals surface area contributed by atoms with Gasteiger partial charge in [-0.25, -0.2) is 8.78 Å². The van der Waals surface area contributed by atoms with Gasteiger partial charge in [0.25, 0.3) is 0 Å². The summed E-state index contributed by atoms with van der Waals surface area (Å²) < 4.78 is 25.8. The van der Waals surface area contributed by atoms with Gasteiger partial charge < -0.3 is 0 Å². The summed E-state index contributed by atoms with van der Waals surface area (Å²) in [6.45, 7) is 0. The molecule has 1 aromatic rings. The van der Waals surface area contributed by atoms with Gasteiger partial charge in [-0.15, -0.1) is 11.6 Å². The molecule has 0 aliphatic heterocycles. The Morgan fingerprint density at radius 3 is 2.53 bits per heavy atom. The normalized spacial score (nSPS) is 32.3. The maximum atomic E-state index is 13.1. The standard InChI is InChI=1S/C14H15ClF2/c15-11(14-9-2-1-3-10(9)14)6-8-4-5-12(16)13(17)7-8/h4-5,7,9-11,14H,1-3,6H2. The van der Waals surface area contributed by atoms with Crippen LogP contribution in [0.1, 0.15) is 24.8 Å². The van der Waals surface area contributed by atoms with E-state index in [4.69, 9.17) is 11.6 Å². The topological polar surface area (TPSA) is 0 Å². The molecule has 1 aromatic carbocycles. The average molecular weight is 257 g/mol. The van der Waals surface area contributed by atoms with Crippen molar-refractivity contribution in [1.29, 1.82) is 0 Å². The van der Waals surface area contributed by atoms with Crippen LogP contribution in [0, 0.1) is 29.4 Å². The van der Waals surface area contributed by atoms with E-state index in [0.29, 0.717) is 12.3 Å². The second-order valence-corrected chi connectivity index (χ2v) is 5.87. The Balaban J connectivity index is 1.64. The van der Waals surface area contributed by atoms with Crippen molar-refractivity contribution >= 4 is 11.6 Å². The summed E-state index contributed by atoms with van der Waals surface area (Å²) in [6, 6.07) is 4.08. The van der Waals surface area contributed by atoms with Crippen LogP contribution in [0.2, 0.25) is 0 Å². The van der Waals surface area contributed by atoms with Gasteiger partial charge in [0.1, 0.15) is 0 Å². The van der Waals surface area contributed by atoms with Crippen molar-refractivity contribution < 1.29 is 8.78 Å². The Bertz CT molecular complexity index is 422. The second kappa shape index (κ2) is 4.24. The first kappa shape index (κ1) is 11.5. The molecule has 0 N–H and O–H groups in total. The van der Waals surface area contributed by atoms with Crippen LogP contribution in [-0.2, 0) is 6.42 Å². The van der Waals surface area contributed by atoms with Crippen LogP contribution < -0.4 is 0 Å². The maximum Gasteiger partial charge on any atom is 0.159 e. The molecule has 2 aliphatic rings. The molecule has 3 unspecified atom stereocenters. The van der Waals surface area contributed by atoms with E-state index in [1.165, 1.54) is 31.4 Å². The first-order valence-corrected chi connectivity index (χ1v) is 6.68. The molecule has 0 saturated heterocycles. The Morgan fingerprint density at radius 1 is 1.18 bits per heavy atom. The molecule has 0 heterocycles. The zero-order chi connectivity index (χ0) is 12.0. The number of fused-ring (bicyclic) bond motifs is 1. The molecule has 2 aliphatic carbocycles. The van der Waals surface area contributed by atoms with Crippen LogP contribution in [0.15, 0.2) is 18.2 Å². The minimum absolute atomic E-state index is 0.0789. The van der Waals surface area contributed by atoms with Crippen LogP contribution in [0.5, 0.6) is 0 Å². The molecule has 0 spiro atoms. The molecule has 2 fully saturated rings. The third-order valence-corrected chi connectivity index (χ3v) is 4.75. The third kappa shape index (κ3) is 2.08. The van der Waals surface area contributed by atoms with E-state index in [1.807, 2.05) is 0 Å². The SMILES string of the molecule is Fc1ccc(CC(Cl)C2C3CCCC32)cc1F. The molecule has 2 saturated carbocycles. The van der Waals surface area contributed by atoms with E-state index < -0.39 is 11.6 Å². The molecule has 17 heavy (non-hydrogen) atoms. The van der Waals surface area contributed by atoms with Crippen LogP contribution >= 0.6 is 11.6 Å². The van der Waals surface area contributed by atoms with Gasteiger partial charge in [0.2, 0.25) is 0 Å². The fraction of sp³-hybridized carbons (Fsp3) is 0.571. The fourth-order valence-electron chi connectivity index (χ4n) is 3.44. The van der Waals surface area contributed by atoms with Gasteiger partial charge in [-0.3, -0.25) is 0 Å². The van der Waals surface area contributed by atoms with Gasteiger partial charge in [-0.1, -0.05) is 12.5 Å². The van der Waals surface area contributed by atoms with Crippen molar-refractivity contribution in [3.05, 3.63) is 35.4 Å². The van der Waals surface area contributed by atoms with E-state index in [1.54, 1.807) is 6.07 Å². The van der Waals surface area contributed by atoms with Crippen LogP contribution in [-0.4, -0.2) is 5.38 Å². The minimum atomic E-state index is -0.789. The predicted molar refractivity (Wildman–Crippen MR) is 64.0 cm³/mol. The highest BCUT2D eigenvalue weighted by molar-refractivity contribution is 6.21. The zero-order valence-corrected chi connectivity index (χ0v) is 10.3. The molecule has 0 aromatic heterocycles. The lowest BCUT2D eigenvalue weighted by Gasteiger charge is -2.11. The number of hydrogen-bond donors (Lipinski definition) is 0. The largest absolute Gasteiger partial charge is 0.204 e. The highest BCUT2D eigenvalue weighted by atomic mass is 35.5. The highest BCUT2D eigenvalue weighted by Gasteiger charge is 2.55. The molecular weight excluding hydrogens is 242 g/mol. The number of halogens is 3. The summed E-state index contributed by atoms with van der Waals surface area (Å²) >= 11 is 6.39. The molecule has 0 bridgehead atoms. The van der Waals surface area contributed by atoms with Crippen LogP contribution in [0.25, 0.3) is 0 Å².